The lowest BCUT2D eigenvalue weighted by Gasteiger charge is -2.24. The van der Waals surface area contributed by atoms with Crippen molar-refractivity contribution in [2.75, 3.05) is 72.5 Å². The summed E-state index contributed by atoms with van der Waals surface area (Å²) in [7, 11) is 0. The summed E-state index contributed by atoms with van der Waals surface area (Å²) < 4.78 is 42.9. The standard InChI is InChI=1S/C42H76N6O16/c1-39(2,3)61-30(49)23-27(47-37(55)33(44)34(52)38(56)64-42(10,11)12)26-45-13-15-57-17-19-59-21-22-60-20-18-58-16-14-46-36(54)29(25-32(51)63-41(7,8)9)48-35(53)28(43)24-31(50)62-40(4,5)6/h27-29,33,45H,13-26,43-44H2,1-12H3,(H,46,54)(H,47,55)(H,48,53)/t27-,28-,29-,33-/m0/s1. The SMILES string of the molecule is CC(C)(C)OC(=O)C[C@@H](CNCCOCCOCCOCCOCCNC(=O)[C@H](CC(=O)OC(C)(C)C)NC(=O)[C@@H](N)CC(=O)OC(C)(C)C)NC(=O)[C@@H](N)C(=O)C(=O)OC(C)(C)C. The molecule has 22 nitrogen and oxygen atoms in total. The molecule has 0 spiro atoms. The third kappa shape index (κ3) is 32.4. The van der Waals surface area contributed by atoms with E-state index >= 15 is 0 Å². The fourth-order valence-electron chi connectivity index (χ4n) is 4.87. The van der Waals surface area contributed by atoms with E-state index in [-0.39, 0.29) is 72.4 Å². The van der Waals surface area contributed by atoms with Crippen LogP contribution < -0.4 is 32.7 Å². The first-order valence-electron chi connectivity index (χ1n) is 21.2. The predicted molar refractivity (Wildman–Crippen MR) is 231 cm³/mol. The Morgan fingerprint density at radius 1 is 0.469 bits per heavy atom. The summed E-state index contributed by atoms with van der Waals surface area (Å²) in [5, 5.41) is 10.6. The molecule has 0 fully saturated rings. The van der Waals surface area contributed by atoms with Crippen molar-refractivity contribution in [2.24, 2.45) is 11.5 Å². The Kier molecular flexibility index (Phi) is 27.3. The smallest absolute Gasteiger partial charge is 0.377 e. The molecular formula is C42H76N6O16. The Bertz CT molecular complexity index is 1500. The monoisotopic (exact) mass is 921 g/mol. The summed E-state index contributed by atoms with van der Waals surface area (Å²) >= 11 is 0. The number of amides is 3. The van der Waals surface area contributed by atoms with Gasteiger partial charge in [0.2, 0.25) is 17.7 Å². The van der Waals surface area contributed by atoms with Crippen molar-refractivity contribution in [3.8, 4) is 0 Å². The lowest BCUT2D eigenvalue weighted by atomic mass is 10.1. The normalized spacial score (nSPS) is 14.0. The maximum Gasteiger partial charge on any atom is 0.377 e. The Morgan fingerprint density at radius 3 is 1.33 bits per heavy atom. The Labute approximate surface area is 377 Å². The molecule has 370 valence electrons. The highest BCUT2D eigenvalue weighted by Crippen LogP contribution is 2.13. The van der Waals surface area contributed by atoms with Crippen molar-refractivity contribution in [1.29, 1.82) is 0 Å². The van der Waals surface area contributed by atoms with Crippen molar-refractivity contribution in [3.63, 3.8) is 0 Å². The van der Waals surface area contributed by atoms with Gasteiger partial charge >= 0.3 is 23.9 Å². The molecule has 0 unspecified atom stereocenters. The number of carbonyl (C=O) groups excluding carboxylic acids is 8. The molecular weight excluding hydrogens is 844 g/mol. The molecule has 0 rings (SSSR count). The minimum absolute atomic E-state index is 0.0552. The van der Waals surface area contributed by atoms with Crippen LogP contribution in [-0.4, -0.2) is 166 Å². The van der Waals surface area contributed by atoms with Gasteiger partial charge in [0.1, 0.15) is 28.4 Å². The number of carbonyl (C=O) groups is 8. The van der Waals surface area contributed by atoms with E-state index in [9.17, 15) is 38.4 Å². The molecule has 0 bridgehead atoms. The van der Waals surface area contributed by atoms with Gasteiger partial charge in [-0.05, 0) is 83.1 Å². The molecule has 64 heavy (non-hydrogen) atoms. The van der Waals surface area contributed by atoms with Crippen molar-refractivity contribution in [2.45, 2.75) is 149 Å². The number of rotatable bonds is 30. The first-order chi connectivity index (χ1) is 29.4. The molecule has 0 heterocycles. The molecule has 0 saturated carbocycles. The number of nitrogens with one attached hydrogen (secondary N) is 4. The van der Waals surface area contributed by atoms with Crippen LogP contribution in [-0.2, 0) is 76.3 Å². The zero-order valence-corrected chi connectivity index (χ0v) is 39.9. The van der Waals surface area contributed by atoms with Crippen LogP contribution in [0.15, 0.2) is 0 Å². The van der Waals surface area contributed by atoms with Crippen molar-refractivity contribution < 1.29 is 76.3 Å². The average molecular weight is 921 g/mol. The maximum atomic E-state index is 12.9. The van der Waals surface area contributed by atoms with Crippen LogP contribution in [0.4, 0.5) is 0 Å². The number of Topliss-reactive ketones (excluding diaryl/α,β-unsaturated/α-hetero) is 1. The van der Waals surface area contributed by atoms with E-state index in [1.807, 2.05) is 0 Å². The van der Waals surface area contributed by atoms with Gasteiger partial charge < -0.3 is 70.6 Å². The van der Waals surface area contributed by atoms with Gasteiger partial charge in [-0.25, -0.2) is 4.79 Å². The maximum absolute atomic E-state index is 12.9. The second kappa shape index (κ2) is 29.3. The van der Waals surface area contributed by atoms with E-state index in [0.29, 0.717) is 6.54 Å². The zero-order chi connectivity index (χ0) is 49.3. The molecule has 0 aliphatic heterocycles. The summed E-state index contributed by atoms with van der Waals surface area (Å²) in [5.74, 6) is -6.92. The summed E-state index contributed by atoms with van der Waals surface area (Å²) in [6, 6.07) is -5.30. The highest BCUT2D eigenvalue weighted by atomic mass is 16.6. The molecule has 3 amide bonds. The Morgan fingerprint density at radius 2 is 0.875 bits per heavy atom. The predicted octanol–water partition coefficient (Wildman–Crippen LogP) is -0.511. The van der Waals surface area contributed by atoms with Gasteiger partial charge in [-0.3, -0.25) is 33.6 Å². The molecule has 22 heteroatoms. The van der Waals surface area contributed by atoms with E-state index in [4.69, 9.17) is 49.4 Å². The Hall–Kier alpha value is -4.32. The largest absolute Gasteiger partial charge is 0.460 e. The van der Waals surface area contributed by atoms with Crippen LogP contribution in [0.1, 0.15) is 102 Å². The topological polar surface area (TPSA) is 311 Å². The molecule has 0 aliphatic carbocycles. The first kappa shape index (κ1) is 59.7. The highest BCUT2D eigenvalue weighted by molar-refractivity contribution is 6.40. The van der Waals surface area contributed by atoms with Crippen molar-refractivity contribution in [1.82, 2.24) is 21.3 Å². The zero-order valence-electron chi connectivity index (χ0n) is 39.9. The summed E-state index contributed by atoms with van der Waals surface area (Å²) in [6.45, 7) is 22.2. The van der Waals surface area contributed by atoms with E-state index in [0.717, 1.165) is 0 Å². The third-order valence-electron chi connectivity index (χ3n) is 7.39. The van der Waals surface area contributed by atoms with Gasteiger partial charge in [-0.15, -0.1) is 0 Å². The number of ketones is 1. The van der Waals surface area contributed by atoms with Crippen LogP contribution in [0.2, 0.25) is 0 Å². The highest BCUT2D eigenvalue weighted by Gasteiger charge is 2.34. The summed E-state index contributed by atoms with van der Waals surface area (Å²) in [5.41, 5.74) is 8.28. The lowest BCUT2D eigenvalue weighted by molar-refractivity contribution is -0.163. The average Bonchev–Trinajstić information content (AvgIpc) is 3.11. The van der Waals surface area contributed by atoms with Gasteiger partial charge in [0.05, 0.1) is 84.2 Å². The second-order valence-electron chi connectivity index (χ2n) is 18.5. The molecule has 0 aromatic carbocycles. The molecule has 0 radical (unpaired) electrons. The van der Waals surface area contributed by atoms with Crippen molar-refractivity contribution in [3.05, 3.63) is 0 Å². The number of hydrogen-bond acceptors (Lipinski definition) is 19. The molecule has 4 atom stereocenters. The minimum Gasteiger partial charge on any atom is -0.460 e. The van der Waals surface area contributed by atoms with E-state index in [1.54, 1.807) is 83.1 Å². The number of hydrogen-bond donors (Lipinski definition) is 6. The molecule has 0 aromatic heterocycles. The fraction of sp³-hybridized carbons (Fsp3) is 0.810. The molecule has 0 aliphatic rings. The van der Waals surface area contributed by atoms with Crippen LogP contribution in [0.5, 0.6) is 0 Å². The Balaban J connectivity index is 4.51. The minimum atomic E-state index is -1.83. The molecule has 8 N–H and O–H groups in total. The van der Waals surface area contributed by atoms with Crippen LogP contribution >= 0.6 is 0 Å². The second-order valence-corrected chi connectivity index (χ2v) is 18.5. The van der Waals surface area contributed by atoms with Crippen LogP contribution in [0.25, 0.3) is 0 Å². The van der Waals surface area contributed by atoms with Crippen molar-refractivity contribution >= 4 is 47.4 Å². The number of nitrogens with two attached hydrogens (primary N) is 2. The quantitative estimate of drug-likeness (QED) is 0.0174. The van der Waals surface area contributed by atoms with E-state index in [1.165, 1.54) is 0 Å². The van der Waals surface area contributed by atoms with Gasteiger partial charge in [0.15, 0.2) is 6.04 Å². The number of ether oxygens (including phenoxy) is 8. The third-order valence-corrected chi connectivity index (χ3v) is 7.39. The molecule has 0 saturated heterocycles. The van der Waals surface area contributed by atoms with E-state index in [2.05, 4.69) is 21.3 Å². The first-order valence-corrected chi connectivity index (χ1v) is 21.2. The van der Waals surface area contributed by atoms with Gasteiger partial charge in [0, 0.05) is 19.6 Å². The summed E-state index contributed by atoms with van der Waals surface area (Å²) in [6.07, 6.45) is -1.14. The van der Waals surface area contributed by atoms with Crippen LogP contribution in [0, 0.1) is 0 Å². The van der Waals surface area contributed by atoms with Gasteiger partial charge in [-0.1, -0.05) is 0 Å². The van der Waals surface area contributed by atoms with Crippen LogP contribution in [0.3, 0.4) is 0 Å². The lowest BCUT2D eigenvalue weighted by Crippen LogP contribution is -2.54. The van der Waals surface area contributed by atoms with Gasteiger partial charge in [0.25, 0.3) is 5.78 Å². The van der Waals surface area contributed by atoms with Gasteiger partial charge in [-0.2, -0.15) is 0 Å². The fourth-order valence-corrected chi connectivity index (χ4v) is 4.87. The molecule has 0 aromatic rings. The number of esters is 4. The summed E-state index contributed by atoms with van der Waals surface area (Å²) in [4.78, 5) is 100. The van der Waals surface area contributed by atoms with E-state index < -0.39 is 107 Å².